The molecule has 0 atom stereocenters. The molecule has 0 aliphatic carbocycles. The molecule has 0 aromatic heterocycles. The molecule has 0 bridgehead atoms. The van der Waals surface area contributed by atoms with E-state index in [-0.39, 0.29) is 11.3 Å². The van der Waals surface area contributed by atoms with E-state index in [9.17, 15) is 13.6 Å². The summed E-state index contributed by atoms with van der Waals surface area (Å²) in [5.74, 6) is 0.658. The summed E-state index contributed by atoms with van der Waals surface area (Å²) in [7, 11) is -1.71. The molecule has 0 spiro atoms. The average Bonchev–Trinajstić information content (AvgIpc) is 2.29. The Morgan fingerprint density at radius 2 is 2.00 bits per heavy atom. The number of carbonyl (C=O) groups excluding carboxylic acids is 1. The zero-order chi connectivity index (χ0) is 15.3. The van der Waals surface area contributed by atoms with Gasteiger partial charge in [0.25, 0.3) is 0 Å². The molecule has 0 fully saturated rings. The summed E-state index contributed by atoms with van der Waals surface area (Å²) >= 11 is 0. The Bertz CT molecular complexity index is 571. The fraction of sp³-hybridized carbons (Fsp3) is 0.357. The van der Waals surface area contributed by atoms with E-state index in [1.165, 1.54) is 0 Å². The number of nitrogens with one attached hydrogen (secondary N) is 1. The zero-order valence-electron chi connectivity index (χ0n) is 11.9. The third kappa shape index (κ3) is 5.01. The van der Waals surface area contributed by atoms with Crippen molar-refractivity contribution in [2.24, 2.45) is 0 Å². The molecule has 3 nitrogen and oxygen atoms in total. The largest absolute Gasteiger partial charge is 0.412 e. The molecule has 0 saturated carbocycles. The molecule has 20 heavy (non-hydrogen) atoms. The Morgan fingerprint density at radius 3 is 2.55 bits per heavy atom. The Labute approximate surface area is 118 Å². The van der Waals surface area contributed by atoms with Crippen molar-refractivity contribution in [2.75, 3.05) is 6.54 Å². The molecule has 1 N–H and O–H groups in total. The number of rotatable bonds is 2. The summed E-state index contributed by atoms with van der Waals surface area (Å²) in [5, 5.41) is 2.37. The van der Waals surface area contributed by atoms with Gasteiger partial charge in [-0.3, -0.25) is 0 Å². The summed E-state index contributed by atoms with van der Waals surface area (Å²) in [6.07, 6.45) is -0.797. The molecular weight excluding hydrogens is 280 g/mol. The number of ether oxygens (including phenoxy) is 1. The number of amides is 1. The van der Waals surface area contributed by atoms with Crippen LogP contribution in [0, 0.1) is 23.1 Å². The van der Waals surface area contributed by atoms with Crippen molar-refractivity contribution < 1.29 is 18.3 Å². The Kier molecular flexibility index (Phi) is 5.28. The van der Waals surface area contributed by atoms with Crippen molar-refractivity contribution in [3.63, 3.8) is 0 Å². The van der Waals surface area contributed by atoms with Crippen LogP contribution in [0.3, 0.4) is 0 Å². The predicted octanol–water partition coefficient (Wildman–Crippen LogP) is 3.30. The third-order valence-corrected chi connectivity index (χ3v) is 2.97. The van der Waals surface area contributed by atoms with Gasteiger partial charge < -0.3 is 10.1 Å². The van der Waals surface area contributed by atoms with Crippen LogP contribution >= 0.6 is 0 Å². The lowest BCUT2D eigenvalue weighted by atomic mass is 10.2. The van der Waals surface area contributed by atoms with Crippen LogP contribution in [-0.2, 0) is 0 Å². The highest BCUT2D eigenvalue weighted by Crippen LogP contribution is 2.24. The molecule has 108 valence electrons. The number of carbonyl (C=O) groups is 1. The highest BCUT2D eigenvalue weighted by Gasteiger charge is 2.16. The van der Waals surface area contributed by atoms with Crippen LogP contribution < -0.4 is 10.1 Å². The van der Waals surface area contributed by atoms with Crippen molar-refractivity contribution in [3.8, 4) is 17.2 Å². The van der Waals surface area contributed by atoms with Crippen LogP contribution in [0.25, 0.3) is 0 Å². The van der Waals surface area contributed by atoms with Gasteiger partial charge in [-0.2, -0.15) is 0 Å². The lowest BCUT2D eigenvalue weighted by molar-refractivity contribution is 0.198. The fourth-order valence-corrected chi connectivity index (χ4v) is 1.79. The van der Waals surface area contributed by atoms with Gasteiger partial charge in [-0.15, -0.1) is 5.54 Å². The topological polar surface area (TPSA) is 38.3 Å². The minimum atomic E-state index is -1.71. The molecule has 0 aliphatic heterocycles. The predicted molar refractivity (Wildman–Crippen MR) is 76.3 cm³/mol. The summed E-state index contributed by atoms with van der Waals surface area (Å²) in [4.78, 5) is 11.4. The zero-order valence-corrected chi connectivity index (χ0v) is 12.9. The van der Waals surface area contributed by atoms with Crippen LogP contribution in [0.2, 0.25) is 19.6 Å². The molecule has 1 aromatic carbocycles. The second-order valence-electron chi connectivity index (χ2n) is 5.18. The lowest BCUT2D eigenvalue weighted by Crippen LogP contribution is -2.27. The monoisotopic (exact) mass is 297 g/mol. The maximum absolute atomic E-state index is 13.7. The first-order valence-electron chi connectivity index (χ1n) is 6.21. The van der Waals surface area contributed by atoms with Gasteiger partial charge in [0, 0.05) is 12.6 Å². The van der Waals surface area contributed by atoms with Crippen LogP contribution in [-0.4, -0.2) is 20.7 Å². The summed E-state index contributed by atoms with van der Waals surface area (Å²) in [5.41, 5.74) is 3.02. The van der Waals surface area contributed by atoms with Crippen molar-refractivity contribution in [2.45, 2.75) is 26.6 Å². The molecular formula is C14H17F2NO2Si. The molecule has 0 aliphatic rings. The molecule has 0 unspecified atom stereocenters. The van der Waals surface area contributed by atoms with Crippen molar-refractivity contribution >= 4 is 14.2 Å². The van der Waals surface area contributed by atoms with E-state index in [1.807, 2.05) is 19.6 Å². The average molecular weight is 297 g/mol. The van der Waals surface area contributed by atoms with Crippen LogP contribution in [0.1, 0.15) is 12.5 Å². The number of hydrogen-bond acceptors (Lipinski definition) is 2. The summed E-state index contributed by atoms with van der Waals surface area (Å²) in [6, 6.07) is 1.72. The van der Waals surface area contributed by atoms with E-state index < -0.39 is 25.8 Å². The van der Waals surface area contributed by atoms with Gasteiger partial charge in [-0.1, -0.05) is 25.6 Å². The molecule has 0 radical (unpaired) electrons. The van der Waals surface area contributed by atoms with Gasteiger partial charge in [0.2, 0.25) is 0 Å². The van der Waals surface area contributed by atoms with Gasteiger partial charge >= 0.3 is 6.09 Å². The minimum Gasteiger partial charge on any atom is -0.406 e. The van der Waals surface area contributed by atoms with Crippen LogP contribution in [0.4, 0.5) is 13.6 Å². The lowest BCUT2D eigenvalue weighted by Gasteiger charge is -2.09. The van der Waals surface area contributed by atoms with Gasteiger partial charge in [-0.25, -0.2) is 13.6 Å². The second kappa shape index (κ2) is 6.53. The normalized spacial score (nSPS) is 10.5. The number of halogens is 2. The smallest absolute Gasteiger partial charge is 0.406 e. The SMILES string of the molecule is CCNC(=O)Oc1c(F)cc(F)cc1C#C[Si](C)(C)C. The third-order valence-electron chi connectivity index (χ3n) is 2.10. The van der Waals surface area contributed by atoms with E-state index in [1.54, 1.807) is 6.92 Å². The number of hydrogen-bond donors (Lipinski definition) is 1. The molecule has 0 heterocycles. The highest BCUT2D eigenvalue weighted by molar-refractivity contribution is 6.83. The Hall–Kier alpha value is -1.87. The summed E-state index contributed by atoms with van der Waals surface area (Å²) in [6.45, 7) is 8.05. The summed E-state index contributed by atoms with van der Waals surface area (Å²) < 4.78 is 31.8. The number of benzene rings is 1. The standard InChI is InChI=1S/C14H17F2NO2Si/c1-5-17-14(18)19-13-10(6-7-20(2,3)4)8-11(15)9-12(13)16/h8-9H,5H2,1-4H3,(H,17,18). The first-order valence-corrected chi connectivity index (χ1v) is 9.71. The second-order valence-corrected chi connectivity index (χ2v) is 9.93. The van der Waals surface area contributed by atoms with Crippen molar-refractivity contribution in [1.29, 1.82) is 0 Å². The molecule has 0 saturated heterocycles. The molecule has 1 amide bonds. The maximum atomic E-state index is 13.7. The van der Waals surface area contributed by atoms with E-state index in [4.69, 9.17) is 4.74 Å². The van der Waals surface area contributed by atoms with E-state index >= 15 is 0 Å². The quantitative estimate of drug-likeness (QED) is 0.672. The van der Waals surface area contributed by atoms with Crippen LogP contribution in [0.5, 0.6) is 5.75 Å². The Balaban J connectivity index is 3.20. The molecule has 1 aromatic rings. The van der Waals surface area contributed by atoms with Gasteiger partial charge in [0.1, 0.15) is 13.9 Å². The van der Waals surface area contributed by atoms with Crippen molar-refractivity contribution in [1.82, 2.24) is 5.32 Å². The minimum absolute atomic E-state index is 0.0381. The Morgan fingerprint density at radius 1 is 1.35 bits per heavy atom. The first-order chi connectivity index (χ1) is 9.23. The van der Waals surface area contributed by atoms with Gasteiger partial charge in [0.05, 0.1) is 5.56 Å². The van der Waals surface area contributed by atoms with E-state index in [0.717, 1.165) is 6.07 Å². The van der Waals surface area contributed by atoms with Crippen molar-refractivity contribution in [3.05, 3.63) is 29.3 Å². The van der Waals surface area contributed by atoms with Gasteiger partial charge in [0.15, 0.2) is 11.6 Å². The molecule has 6 heteroatoms. The van der Waals surface area contributed by atoms with E-state index in [0.29, 0.717) is 12.6 Å². The van der Waals surface area contributed by atoms with Gasteiger partial charge in [-0.05, 0) is 13.0 Å². The van der Waals surface area contributed by atoms with Crippen LogP contribution in [0.15, 0.2) is 12.1 Å². The molecule has 1 rings (SSSR count). The fourth-order valence-electron chi connectivity index (χ4n) is 1.28. The maximum Gasteiger partial charge on any atom is 0.412 e. The first kappa shape index (κ1) is 16.2. The van der Waals surface area contributed by atoms with E-state index in [2.05, 4.69) is 16.8 Å². The highest BCUT2D eigenvalue weighted by atomic mass is 28.3.